The van der Waals surface area contributed by atoms with Gasteiger partial charge in [-0.1, -0.05) is 12.1 Å². The molecule has 1 fully saturated rings. The van der Waals surface area contributed by atoms with Crippen LogP contribution in [0.15, 0.2) is 47.1 Å². The van der Waals surface area contributed by atoms with Gasteiger partial charge >= 0.3 is 12.0 Å². The molecule has 1 aromatic heterocycles. The number of esters is 1. The van der Waals surface area contributed by atoms with Gasteiger partial charge in [0.1, 0.15) is 5.75 Å². The van der Waals surface area contributed by atoms with Crippen LogP contribution in [-0.2, 0) is 9.53 Å². The van der Waals surface area contributed by atoms with Crippen molar-refractivity contribution in [2.45, 2.75) is 19.4 Å². The minimum atomic E-state index is -0.600. The third kappa shape index (κ3) is 5.45. The Morgan fingerprint density at radius 1 is 1.21 bits per heavy atom. The van der Waals surface area contributed by atoms with Crippen LogP contribution in [0.1, 0.15) is 24.9 Å². The summed E-state index contributed by atoms with van der Waals surface area (Å²) < 4.78 is 10.6. The van der Waals surface area contributed by atoms with Gasteiger partial charge in [0.2, 0.25) is 0 Å². The number of thiazole rings is 1. The summed E-state index contributed by atoms with van der Waals surface area (Å²) in [5, 5.41) is 8.76. The zero-order valence-corrected chi connectivity index (χ0v) is 19.7. The Morgan fingerprint density at radius 3 is 2.73 bits per heavy atom. The van der Waals surface area contributed by atoms with Crippen LogP contribution >= 0.6 is 11.3 Å². The summed E-state index contributed by atoms with van der Waals surface area (Å²) in [5.41, 5.74) is 1.81. The van der Waals surface area contributed by atoms with Gasteiger partial charge in [0, 0.05) is 50.0 Å². The molecule has 2 aromatic rings. The Hall–Kier alpha value is -3.11. The van der Waals surface area contributed by atoms with Crippen LogP contribution in [0, 0.1) is 0 Å². The minimum absolute atomic E-state index is 0.255. The van der Waals surface area contributed by atoms with E-state index in [9.17, 15) is 9.59 Å². The summed E-state index contributed by atoms with van der Waals surface area (Å²) in [7, 11) is 1.60. The molecule has 1 atom stereocenters. The molecule has 1 saturated heterocycles. The number of benzene rings is 1. The third-order valence-corrected chi connectivity index (χ3v) is 6.59. The van der Waals surface area contributed by atoms with Crippen molar-refractivity contribution in [2.75, 3.05) is 51.3 Å². The lowest BCUT2D eigenvalue weighted by Crippen LogP contribution is -2.48. The smallest absolute Gasteiger partial charge is 0.338 e. The molecule has 9 nitrogen and oxygen atoms in total. The molecule has 33 heavy (non-hydrogen) atoms. The summed E-state index contributed by atoms with van der Waals surface area (Å²) in [4.78, 5) is 34.5. The molecule has 2 N–H and O–H groups in total. The van der Waals surface area contributed by atoms with E-state index in [0.717, 1.165) is 43.3 Å². The summed E-state index contributed by atoms with van der Waals surface area (Å²) in [5.74, 6) is 0.273. The number of aromatic nitrogens is 1. The molecule has 0 spiro atoms. The van der Waals surface area contributed by atoms with Crippen LogP contribution in [0.2, 0.25) is 0 Å². The molecule has 3 heterocycles. The number of carbonyl (C=O) groups excluding carboxylic acids is 2. The average molecular weight is 472 g/mol. The summed E-state index contributed by atoms with van der Waals surface area (Å²) >= 11 is 1.64. The van der Waals surface area contributed by atoms with Gasteiger partial charge in [-0.05, 0) is 31.0 Å². The largest absolute Gasteiger partial charge is 0.497 e. The van der Waals surface area contributed by atoms with Gasteiger partial charge in [-0.2, -0.15) is 0 Å². The highest BCUT2D eigenvalue weighted by Gasteiger charge is 2.34. The van der Waals surface area contributed by atoms with Gasteiger partial charge in [0.15, 0.2) is 5.13 Å². The second-order valence-corrected chi connectivity index (χ2v) is 8.72. The van der Waals surface area contributed by atoms with Crippen molar-refractivity contribution < 1.29 is 19.1 Å². The van der Waals surface area contributed by atoms with Gasteiger partial charge < -0.3 is 25.0 Å². The second-order valence-electron chi connectivity index (χ2n) is 7.85. The maximum Gasteiger partial charge on any atom is 0.338 e. The van der Waals surface area contributed by atoms with E-state index in [1.54, 1.807) is 25.4 Å². The van der Waals surface area contributed by atoms with Crippen LogP contribution in [0.3, 0.4) is 0 Å². The molecule has 1 aromatic carbocycles. The van der Waals surface area contributed by atoms with E-state index in [1.165, 1.54) is 0 Å². The van der Waals surface area contributed by atoms with E-state index in [1.807, 2.05) is 35.8 Å². The Kier molecular flexibility index (Phi) is 7.46. The minimum Gasteiger partial charge on any atom is -0.497 e. The Balaban J connectivity index is 1.59. The van der Waals surface area contributed by atoms with Crippen LogP contribution in [0.25, 0.3) is 0 Å². The number of rotatable bonds is 7. The maximum atomic E-state index is 13.0. The normalized spacial score (nSPS) is 19.5. The summed E-state index contributed by atoms with van der Waals surface area (Å²) in [6.07, 6.45) is 2.79. The fraction of sp³-hybridized carbons (Fsp3) is 0.435. The molecule has 0 bridgehead atoms. The number of anilines is 1. The molecule has 4 rings (SSSR count). The number of urea groups is 1. The average Bonchev–Trinajstić information content (AvgIpc) is 3.26. The lowest BCUT2D eigenvalue weighted by atomic mass is 9.95. The van der Waals surface area contributed by atoms with E-state index in [4.69, 9.17) is 9.47 Å². The standard InChI is InChI=1S/C23H29N5O4S/c1-3-32-21(29)19-18(15-27-10-4-11-28(13-12-27)23-24-9-14-33-23)25-22(30)26-20(19)16-5-7-17(31-2)8-6-16/h5-9,14,20H,3-4,10-13,15H2,1-2H3,(H2,25,26,30). The number of amides is 2. The molecule has 2 aliphatic rings. The number of hydrogen-bond donors (Lipinski definition) is 2. The van der Waals surface area contributed by atoms with Crippen LogP contribution in [-0.4, -0.2) is 68.3 Å². The molecule has 176 valence electrons. The number of nitrogens with one attached hydrogen (secondary N) is 2. The topological polar surface area (TPSA) is 96.0 Å². The van der Waals surface area contributed by atoms with E-state index < -0.39 is 12.0 Å². The number of carbonyl (C=O) groups is 2. The first kappa shape index (κ1) is 23.1. The monoisotopic (exact) mass is 471 g/mol. The van der Waals surface area contributed by atoms with Crippen LogP contribution in [0.4, 0.5) is 9.93 Å². The quantitative estimate of drug-likeness (QED) is 0.599. The number of ether oxygens (including phenoxy) is 2. The predicted octanol–water partition coefficient (Wildman–Crippen LogP) is 2.54. The Labute approximate surface area is 197 Å². The Bertz CT molecular complexity index is 993. The van der Waals surface area contributed by atoms with Gasteiger partial charge in [0.05, 0.1) is 25.3 Å². The molecular formula is C23H29N5O4S. The van der Waals surface area contributed by atoms with Gasteiger partial charge in [-0.3, -0.25) is 4.90 Å². The van der Waals surface area contributed by atoms with Crippen molar-refractivity contribution in [3.63, 3.8) is 0 Å². The van der Waals surface area contributed by atoms with Crippen LogP contribution in [0.5, 0.6) is 5.75 Å². The first-order chi connectivity index (χ1) is 16.1. The molecule has 0 saturated carbocycles. The molecule has 2 amide bonds. The molecule has 1 unspecified atom stereocenters. The zero-order valence-electron chi connectivity index (χ0n) is 18.9. The molecule has 0 radical (unpaired) electrons. The lowest BCUT2D eigenvalue weighted by molar-refractivity contribution is -0.139. The van der Waals surface area contributed by atoms with Crippen LogP contribution < -0.4 is 20.3 Å². The van der Waals surface area contributed by atoms with E-state index in [-0.39, 0.29) is 12.6 Å². The SMILES string of the molecule is CCOC(=O)C1=C(CN2CCCN(c3nccs3)CC2)NC(=O)NC1c1ccc(OC)cc1. The fourth-order valence-corrected chi connectivity index (χ4v) is 4.85. The first-order valence-electron chi connectivity index (χ1n) is 11.1. The maximum absolute atomic E-state index is 13.0. The number of methoxy groups -OCH3 is 1. The fourth-order valence-electron chi connectivity index (χ4n) is 4.15. The first-order valence-corrected chi connectivity index (χ1v) is 12.0. The molecular weight excluding hydrogens is 442 g/mol. The number of hydrogen-bond acceptors (Lipinski definition) is 8. The van der Waals surface area contributed by atoms with Crippen molar-refractivity contribution in [2.24, 2.45) is 0 Å². The third-order valence-electron chi connectivity index (χ3n) is 5.76. The molecule has 0 aliphatic carbocycles. The van der Waals surface area contributed by atoms with Crippen molar-refractivity contribution in [3.8, 4) is 5.75 Å². The van der Waals surface area contributed by atoms with Crippen molar-refractivity contribution >= 4 is 28.5 Å². The van der Waals surface area contributed by atoms with Crippen molar-refractivity contribution in [1.82, 2.24) is 20.5 Å². The van der Waals surface area contributed by atoms with Gasteiger partial charge in [-0.15, -0.1) is 11.3 Å². The summed E-state index contributed by atoms with van der Waals surface area (Å²) in [6, 6.07) is 6.39. The zero-order chi connectivity index (χ0) is 23.2. The van der Waals surface area contributed by atoms with E-state index in [0.29, 0.717) is 23.6 Å². The summed E-state index contributed by atoms with van der Waals surface area (Å²) in [6.45, 7) is 5.91. The van der Waals surface area contributed by atoms with E-state index in [2.05, 4.69) is 25.4 Å². The lowest BCUT2D eigenvalue weighted by Gasteiger charge is -2.32. The number of nitrogens with zero attached hydrogens (tertiary/aromatic N) is 3. The highest BCUT2D eigenvalue weighted by Crippen LogP contribution is 2.29. The highest BCUT2D eigenvalue weighted by molar-refractivity contribution is 7.13. The highest BCUT2D eigenvalue weighted by atomic mass is 32.1. The van der Waals surface area contributed by atoms with Crippen molar-refractivity contribution in [3.05, 3.63) is 52.7 Å². The predicted molar refractivity (Wildman–Crippen MR) is 126 cm³/mol. The van der Waals surface area contributed by atoms with Gasteiger partial charge in [0.25, 0.3) is 0 Å². The van der Waals surface area contributed by atoms with Crippen molar-refractivity contribution in [1.29, 1.82) is 0 Å². The Morgan fingerprint density at radius 2 is 2.03 bits per heavy atom. The molecule has 10 heteroatoms. The molecule has 2 aliphatic heterocycles. The second kappa shape index (κ2) is 10.7. The van der Waals surface area contributed by atoms with E-state index >= 15 is 0 Å². The van der Waals surface area contributed by atoms with Gasteiger partial charge in [-0.25, -0.2) is 14.6 Å².